The summed E-state index contributed by atoms with van der Waals surface area (Å²) in [5.74, 6) is 1.86. The van der Waals surface area contributed by atoms with Gasteiger partial charge in [0.05, 0.1) is 40.0 Å². The van der Waals surface area contributed by atoms with E-state index in [1.165, 1.54) is 18.9 Å². The van der Waals surface area contributed by atoms with Crippen molar-refractivity contribution in [3.8, 4) is 17.2 Å². The number of carbonyl (C=O) groups is 1. The molecule has 180 valence electrons. The fraction of sp³-hybridized carbons (Fsp3) is 0.609. The molecular formula is C23H32N4O6. The Bertz CT molecular complexity index is 1060. The maximum absolute atomic E-state index is 13.5. The van der Waals surface area contributed by atoms with Crippen LogP contribution in [0.4, 0.5) is 0 Å². The first kappa shape index (κ1) is 23.2. The normalized spacial score (nSPS) is 18.3. The van der Waals surface area contributed by atoms with E-state index in [0.29, 0.717) is 49.1 Å². The number of piperidine rings is 1. The Balaban J connectivity index is 1.61. The van der Waals surface area contributed by atoms with Crippen molar-refractivity contribution in [3.63, 3.8) is 0 Å². The lowest BCUT2D eigenvalue weighted by Crippen LogP contribution is -2.40. The lowest BCUT2D eigenvalue weighted by Gasteiger charge is -2.33. The van der Waals surface area contributed by atoms with Gasteiger partial charge in [0.15, 0.2) is 11.5 Å². The Morgan fingerprint density at radius 2 is 1.82 bits per heavy atom. The molecule has 2 heterocycles. The topological polar surface area (TPSA) is 97.1 Å². The number of ether oxygens (including phenoxy) is 4. The van der Waals surface area contributed by atoms with Crippen LogP contribution < -0.4 is 19.9 Å². The molecular weight excluding hydrogens is 428 g/mol. The van der Waals surface area contributed by atoms with E-state index >= 15 is 0 Å². The molecule has 10 nitrogen and oxygen atoms in total. The molecule has 2 aromatic rings. The standard InChI is InChI=1S/C23H32N4O6/c1-30-13-12-26-23(29)27(16-7-8-16)21(24-26)15-6-5-11-25(14-15)22(28)17-9-10-18(31-2)20(33-4)19(17)32-3/h9-10,15-16H,5-8,11-14H2,1-4H3. The maximum atomic E-state index is 13.5. The van der Waals surface area contributed by atoms with Crippen LogP contribution in [-0.4, -0.2) is 73.3 Å². The Kier molecular flexibility index (Phi) is 6.92. The van der Waals surface area contributed by atoms with E-state index in [2.05, 4.69) is 5.10 Å². The van der Waals surface area contributed by atoms with Crippen molar-refractivity contribution in [1.82, 2.24) is 19.2 Å². The number of nitrogens with zero attached hydrogens (tertiary/aromatic N) is 4. The SMILES string of the molecule is COCCn1nc(C2CCCN(C(=O)c3ccc(OC)c(OC)c3OC)C2)n(C2CC2)c1=O. The van der Waals surface area contributed by atoms with Gasteiger partial charge in [-0.05, 0) is 37.8 Å². The maximum Gasteiger partial charge on any atom is 0.346 e. The van der Waals surface area contributed by atoms with Crippen molar-refractivity contribution in [2.75, 3.05) is 48.1 Å². The highest BCUT2D eigenvalue weighted by Crippen LogP contribution is 2.41. The van der Waals surface area contributed by atoms with Crippen LogP contribution in [0.25, 0.3) is 0 Å². The summed E-state index contributed by atoms with van der Waals surface area (Å²) in [6.07, 6.45) is 3.68. The molecule has 1 unspecified atom stereocenters. The summed E-state index contributed by atoms with van der Waals surface area (Å²) >= 11 is 0. The molecule has 1 aromatic carbocycles. The van der Waals surface area contributed by atoms with Crippen molar-refractivity contribution in [2.24, 2.45) is 0 Å². The molecule has 1 saturated heterocycles. The first-order valence-corrected chi connectivity index (χ1v) is 11.3. The van der Waals surface area contributed by atoms with Crippen LogP contribution in [0.15, 0.2) is 16.9 Å². The number of benzene rings is 1. The Labute approximate surface area is 193 Å². The molecule has 1 saturated carbocycles. The van der Waals surface area contributed by atoms with Crippen LogP contribution in [0, 0.1) is 0 Å². The van der Waals surface area contributed by atoms with E-state index in [-0.39, 0.29) is 23.6 Å². The van der Waals surface area contributed by atoms with Gasteiger partial charge in [-0.2, -0.15) is 5.10 Å². The summed E-state index contributed by atoms with van der Waals surface area (Å²) in [6, 6.07) is 3.62. The second-order valence-corrected chi connectivity index (χ2v) is 8.43. The fourth-order valence-electron chi connectivity index (χ4n) is 4.53. The molecule has 10 heteroatoms. The first-order valence-electron chi connectivity index (χ1n) is 11.3. The van der Waals surface area contributed by atoms with E-state index < -0.39 is 0 Å². The molecule has 4 rings (SSSR count). The minimum atomic E-state index is -0.142. The van der Waals surface area contributed by atoms with Crippen molar-refractivity contribution in [2.45, 2.75) is 44.2 Å². The summed E-state index contributed by atoms with van der Waals surface area (Å²) in [6.45, 7) is 1.96. The zero-order valence-corrected chi connectivity index (χ0v) is 19.7. The number of hydrogen-bond acceptors (Lipinski definition) is 7. The Morgan fingerprint density at radius 3 is 2.45 bits per heavy atom. The average Bonchev–Trinajstić information content (AvgIpc) is 3.63. The van der Waals surface area contributed by atoms with Crippen LogP contribution in [0.1, 0.15) is 53.8 Å². The van der Waals surface area contributed by atoms with Gasteiger partial charge in [-0.3, -0.25) is 9.36 Å². The van der Waals surface area contributed by atoms with E-state index in [9.17, 15) is 9.59 Å². The monoisotopic (exact) mass is 460 g/mol. The van der Waals surface area contributed by atoms with Gasteiger partial charge in [-0.25, -0.2) is 9.48 Å². The average molecular weight is 461 g/mol. The van der Waals surface area contributed by atoms with Gasteiger partial charge in [-0.15, -0.1) is 0 Å². The van der Waals surface area contributed by atoms with Gasteiger partial charge in [0.2, 0.25) is 5.75 Å². The largest absolute Gasteiger partial charge is 0.493 e. The predicted octanol–water partition coefficient (Wildman–Crippen LogP) is 2.07. The molecule has 33 heavy (non-hydrogen) atoms. The molecule has 1 atom stereocenters. The lowest BCUT2D eigenvalue weighted by atomic mass is 9.96. The molecule has 0 radical (unpaired) electrons. The number of rotatable bonds is 9. The molecule has 2 fully saturated rings. The number of aromatic nitrogens is 3. The van der Waals surface area contributed by atoms with Crippen molar-refractivity contribution in [1.29, 1.82) is 0 Å². The van der Waals surface area contributed by atoms with E-state index in [4.69, 9.17) is 18.9 Å². The number of amides is 1. The van der Waals surface area contributed by atoms with Crippen LogP contribution in [0.5, 0.6) is 17.2 Å². The zero-order chi connectivity index (χ0) is 23.5. The molecule has 2 aliphatic rings. The molecule has 0 bridgehead atoms. The molecule has 1 aliphatic carbocycles. The van der Waals surface area contributed by atoms with Crippen molar-refractivity contribution in [3.05, 3.63) is 34.0 Å². The second kappa shape index (κ2) is 9.86. The third-order valence-electron chi connectivity index (χ3n) is 6.32. The van der Waals surface area contributed by atoms with Gasteiger partial charge < -0.3 is 23.8 Å². The van der Waals surface area contributed by atoms with E-state index in [0.717, 1.165) is 31.5 Å². The Morgan fingerprint density at radius 1 is 1.06 bits per heavy atom. The smallest absolute Gasteiger partial charge is 0.346 e. The van der Waals surface area contributed by atoms with Crippen LogP contribution in [-0.2, 0) is 11.3 Å². The van der Waals surface area contributed by atoms with E-state index in [1.807, 2.05) is 9.47 Å². The van der Waals surface area contributed by atoms with Crippen LogP contribution in [0.2, 0.25) is 0 Å². The fourth-order valence-corrected chi connectivity index (χ4v) is 4.53. The number of likely N-dealkylation sites (tertiary alicyclic amines) is 1. The van der Waals surface area contributed by atoms with Crippen molar-refractivity contribution >= 4 is 5.91 Å². The third-order valence-corrected chi connectivity index (χ3v) is 6.32. The van der Waals surface area contributed by atoms with Gasteiger partial charge in [0, 0.05) is 32.2 Å². The summed E-state index contributed by atoms with van der Waals surface area (Å²) in [7, 11) is 6.17. The third kappa shape index (κ3) is 4.44. The highest BCUT2D eigenvalue weighted by atomic mass is 16.5. The predicted molar refractivity (Wildman–Crippen MR) is 121 cm³/mol. The zero-order valence-electron chi connectivity index (χ0n) is 19.7. The summed E-state index contributed by atoms with van der Waals surface area (Å²) in [5.41, 5.74) is 0.329. The Hall–Kier alpha value is -3.01. The number of methoxy groups -OCH3 is 4. The molecule has 0 N–H and O–H groups in total. The van der Waals surface area contributed by atoms with Gasteiger partial charge in [0.1, 0.15) is 5.82 Å². The first-order chi connectivity index (χ1) is 16.0. The highest BCUT2D eigenvalue weighted by molar-refractivity contribution is 5.98. The minimum Gasteiger partial charge on any atom is -0.493 e. The summed E-state index contributed by atoms with van der Waals surface area (Å²) in [4.78, 5) is 28.3. The van der Waals surface area contributed by atoms with Crippen LogP contribution >= 0.6 is 0 Å². The van der Waals surface area contributed by atoms with Gasteiger partial charge >= 0.3 is 5.69 Å². The lowest BCUT2D eigenvalue weighted by molar-refractivity contribution is 0.0698. The molecule has 0 spiro atoms. The van der Waals surface area contributed by atoms with Gasteiger partial charge in [0.25, 0.3) is 5.91 Å². The summed E-state index contributed by atoms with van der Waals surface area (Å²) < 4.78 is 24.8. The van der Waals surface area contributed by atoms with E-state index in [1.54, 1.807) is 26.4 Å². The minimum absolute atomic E-state index is 0.00839. The molecule has 1 aliphatic heterocycles. The number of carbonyl (C=O) groups excluding carboxylic acids is 1. The summed E-state index contributed by atoms with van der Waals surface area (Å²) in [5, 5.41) is 4.67. The second-order valence-electron chi connectivity index (χ2n) is 8.43. The quantitative estimate of drug-likeness (QED) is 0.565. The van der Waals surface area contributed by atoms with Crippen molar-refractivity contribution < 1.29 is 23.7 Å². The molecule has 1 amide bonds. The highest BCUT2D eigenvalue weighted by Gasteiger charge is 2.36. The van der Waals surface area contributed by atoms with Gasteiger partial charge in [-0.1, -0.05) is 0 Å². The van der Waals surface area contributed by atoms with Crippen LogP contribution in [0.3, 0.4) is 0 Å². The molecule has 1 aromatic heterocycles. The number of hydrogen-bond donors (Lipinski definition) is 0.